The van der Waals surface area contributed by atoms with Crippen LogP contribution in [-0.4, -0.2) is 43.7 Å². The SMILES string of the molecule is O=C(/C=C/CN1CCOCC1)Nc1ccccc1. The van der Waals surface area contributed by atoms with Crippen molar-refractivity contribution in [3.63, 3.8) is 0 Å². The summed E-state index contributed by atoms with van der Waals surface area (Å²) in [4.78, 5) is 13.9. The first-order valence-electron chi connectivity index (χ1n) is 6.17. The fourth-order valence-corrected chi connectivity index (χ4v) is 1.80. The van der Waals surface area contributed by atoms with Gasteiger partial charge in [0, 0.05) is 31.4 Å². The Hall–Kier alpha value is -1.65. The minimum Gasteiger partial charge on any atom is -0.379 e. The molecule has 1 aromatic rings. The summed E-state index contributed by atoms with van der Waals surface area (Å²) in [7, 11) is 0. The van der Waals surface area contributed by atoms with Crippen molar-refractivity contribution in [2.75, 3.05) is 38.2 Å². The van der Waals surface area contributed by atoms with Crippen molar-refractivity contribution in [2.24, 2.45) is 0 Å². The van der Waals surface area contributed by atoms with Crippen LogP contribution in [0.2, 0.25) is 0 Å². The number of benzene rings is 1. The van der Waals surface area contributed by atoms with Crippen LogP contribution in [0.3, 0.4) is 0 Å². The minimum atomic E-state index is -0.0885. The molecule has 0 saturated carbocycles. The summed E-state index contributed by atoms with van der Waals surface area (Å²) >= 11 is 0. The summed E-state index contributed by atoms with van der Waals surface area (Å²) in [6.07, 6.45) is 3.48. The zero-order chi connectivity index (χ0) is 12.6. The van der Waals surface area contributed by atoms with Gasteiger partial charge in [0.15, 0.2) is 0 Å². The summed E-state index contributed by atoms with van der Waals surface area (Å²) in [6, 6.07) is 9.45. The van der Waals surface area contributed by atoms with Crippen LogP contribution in [0.25, 0.3) is 0 Å². The van der Waals surface area contributed by atoms with Crippen molar-refractivity contribution in [1.29, 1.82) is 0 Å². The highest BCUT2D eigenvalue weighted by atomic mass is 16.5. The number of amides is 1. The minimum absolute atomic E-state index is 0.0885. The van der Waals surface area contributed by atoms with Crippen molar-refractivity contribution in [3.05, 3.63) is 42.5 Å². The molecule has 1 amide bonds. The first kappa shape index (κ1) is 12.8. The van der Waals surface area contributed by atoms with Gasteiger partial charge in [-0.2, -0.15) is 0 Å². The third-order valence-electron chi connectivity index (χ3n) is 2.78. The first-order valence-corrected chi connectivity index (χ1v) is 6.17. The van der Waals surface area contributed by atoms with Gasteiger partial charge >= 0.3 is 0 Å². The number of hydrogen-bond donors (Lipinski definition) is 1. The second kappa shape index (κ2) is 6.93. The number of rotatable bonds is 4. The highest BCUT2D eigenvalue weighted by molar-refractivity contribution is 5.99. The van der Waals surface area contributed by atoms with Crippen molar-refractivity contribution in [3.8, 4) is 0 Å². The van der Waals surface area contributed by atoms with E-state index in [4.69, 9.17) is 4.74 Å². The van der Waals surface area contributed by atoms with Crippen LogP contribution in [0.4, 0.5) is 5.69 Å². The zero-order valence-corrected chi connectivity index (χ0v) is 10.3. The Bertz CT molecular complexity index is 398. The van der Waals surface area contributed by atoms with E-state index in [1.54, 1.807) is 6.08 Å². The molecule has 0 bridgehead atoms. The first-order chi connectivity index (χ1) is 8.84. The molecule has 0 atom stereocenters. The van der Waals surface area contributed by atoms with E-state index in [1.165, 1.54) is 0 Å². The predicted octanol–water partition coefficient (Wildman–Crippen LogP) is 1.51. The number of hydrogen-bond acceptors (Lipinski definition) is 3. The summed E-state index contributed by atoms with van der Waals surface area (Å²) < 4.78 is 5.26. The van der Waals surface area contributed by atoms with E-state index in [2.05, 4.69) is 10.2 Å². The Morgan fingerprint density at radius 1 is 1.28 bits per heavy atom. The van der Waals surface area contributed by atoms with Gasteiger partial charge in [-0.15, -0.1) is 0 Å². The summed E-state index contributed by atoms with van der Waals surface area (Å²) in [5, 5.41) is 2.81. The lowest BCUT2D eigenvalue weighted by atomic mass is 10.3. The average Bonchev–Trinajstić information content (AvgIpc) is 2.41. The molecule has 1 fully saturated rings. The summed E-state index contributed by atoms with van der Waals surface area (Å²) in [6.45, 7) is 4.23. The molecule has 0 unspecified atom stereocenters. The lowest BCUT2D eigenvalue weighted by Crippen LogP contribution is -2.36. The van der Waals surface area contributed by atoms with E-state index in [0.717, 1.165) is 38.5 Å². The van der Waals surface area contributed by atoms with E-state index < -0.39 is 0 Å². The number of para-hydroxylation sites is 1. The smallest absolute Gasteiger partial charge is 0.248 e. The number of anilines is 1. The molecule has 1 aliphatic heterocycles. The van der Waals surface area contributed by atoms with Crippen molar-refractivity contribution < 1.29 is 9.53 Å². The largest absolute Gasteiger partial charge is 0.379 e. The molecule has 4 heteroatoms. The van der Waals surface area contributed by atoms with Gasteiger partial charge in [-0.1, -0.05) is 24.3 Å². The molecular formula is C14H18N2O2. The van der Waals surface area contributed by atoms with E-state index in [1.807, 2.05) is 36.4 Å². The second-order valence-corrected chi connectivity index (χ2v) is 4.17. The molecule has 2 rings (SSSR count). The Labute approximate surface area is 107 Å². The van der Waals surface area contributed by atoms with Crippen LogP contribution in [0.15, 0.2) is 42.5 Å². The number of nitrogens with one attached hydrogen (secondary N) is 1. The second-order valence-electron chi connectivity index (χ2n) is 4.17. The molecule has 1 aromatic carbocycles. The van der Waals surface area contributed by atoms with Crippen LogP contribution < -0.4 is 5.32 Å². The third kappa shape index (κ3) is 4.31. The lowest BCUT2D eigenvalue weighted by molar-refractivity contribution is -0.111. The fourth-order valence-electron chi connectivity index (χ4n) is 1.80. The molecular weight excluding hydrogens is 228 g/mol. The number of carbonyl (C=O) groups excluding carboxylic acids is 1. The predicted molar refractivity (Wildman–Crippen MR) is 71.5 cm³/mol. The van der Waals surface area contributed by atoms with Gasteiger partial charge in [0.1, 0.15) is 0 Å². The Kier molecular flexibility index (Phi) is 4.93. The van der Waals surface area contributed by atoms with Crippen LogP contribution >= 0.6 is 0 Å². The van der Waals surface area contributed by atoms with Gasteiger partial charge in [0.25, 0.3) is 0 Å². The van der Waals surface area contributed by atoms with Crippen LogP contribution in [0.1, 0.15) is 0 Å². The van der Waals surface area contributed by atoms with Crippen molar-refractivity contribution in [2.45, 2.75) is 0 Å². The maximum Gasteiger partial charge on any atom is 0.248 e. The third-order valence-corrected chi connectivity index (χ3v) is 2.78. The fraction of sp³-hybridized carbons (Fsp3) is 0.357. The number of morpholine rings is 1. The van der Waals surface area contributed by atoms with Crippen molar-refractivity contribution in [1.82, 2.24) is 4.90 Å². The van der Waals surface area contributed by atoms with E-state index >= 15 is 0 Å². The summed E-state index contributed by atoms with van der Waals surface area (Å²) in [5.74, 6) is -0.0885. The lowest BCUT2D eigenvalue weighted by Gasteiger charge is -2.24. The van der Waals surface area contributed by atoms with E-state index in [9.17, 15) is 4.79 Å². The van der Waals surface area contributed by atoms with Gasteiger partial charge < -0.3 is 10.1 Å². The molecule has 4 nitrogen and oxygen atoms in total. The zero-order valence-electron chi connectivity index (χ0n) is 10.3. The highest BCUT2D eigenvalue weighted by Gasteiger charge is 2.07. The quantitative estimate of drug-likeness (QED) is 0.819. The van der Waals surface area contributed by atoms with Crippen molar-refractivity contribution >= 4 is 11.6 Å². The molecule has 1 aliphatic rings. The van der Waals surface area contributed by atoms with Crippen LogP contribution in [0, 0.1) is 0 Å². The van der Waals surface area contributed by atoms with Gasteiger partial charge in [-0.05, 0) is 12.1 Å². The standard InChI is InChI=1S/C14H18N2O2/c17-14(15-13-5-2-1-3-6-13)7-4-8-16-9-11-18-12-10-16/h1-7H,8-12H2,(H,15,17)/b7-4+. The maximum atomic E-state index is 11.6. The van der Waals surface area contributed by atoms with Gasteiger partial charge in [-0.3, -0.25) is 9.69 Å². The average molecular weight is 246 g/mol. The molecule has 0 spiro atoms. The highest BCUT2D eigenvalue weighted by Crippen LogP contribution is 2.04. The molecule has 96 valence electrons. The van der Waals surface area contributed by atoms with E-state index in [-0.39, 0.29) is 5.91 Å². The molecule has 1 N–H and O–H groups in total. The normalized spacial score (nSPS) is 16.9. The molecule has 18 heavy (non-hydrogen) atoms. The molecule has 0 aromatic heterocycles. The van der Waals surface area contributed by atoms with Crippen LogP contribution in [-0.2, 0) is 9.53 Å². The molecule has 1 saturated heterocycles. The Morgan fingerprint density at radius 2 is 2.00 bits per heavy atom. The van der Waals surface area contributed by atoms with Gasteiger partial charge in [-0.25, -0.2) is 0 Å². The number of carbonyl (C=O) groups is 1. The Morgan fingerprint density at radius 3 is 2.72 bits per heavy atom. The number of ether oxygens (including phenoxy) is 1. The number of nitrogens with zero attached hydrogens (tertiary/aromatic N) is 1. The topological polar surface area (TPSA) is 41.6 Å². The van der Waals surface area contributed by atoms with Crippen LogP contribution in [0.5, 0.6) is 0 Å². The Balaban J connectivity index is 1.73. The van der Waals surface area contributed by atoms with Gasteiger partial charge in [0.2, 0.25) is 5.91 Å². The maximum absolute atomic E-state index is 11.6. The van der Waals surface area contributed by atoms with E-state index in [0.29, 0.717) is 0 Å². The summed E-state index contributed by atoms with van der Waals surface area (Å²) in [5.41, 5.74) is 0.818. The molecule has 1 heterocycles. The van der Waals surface area contributed by atoms with Gasteiger partial charge in [0.05, 0.1) is 13.2 Å². The molecule has 0 aliphatic carbocycles. The monoisotopic (exact) mass is 246 g/mol. The molecule has 0 radical (unpaired) electrons.